The number of halogens is 2. The van der Waals surface area contributed by atoms with E-state index in [4.69, 9.17) is 21.3 Å². The van der Waals surface area contributed by atoms with Crippen molar-refractivity contribution < 1.29 is 23.9 Å². The van der Waals surface area contributed by atoms with Crippen LogP contribution in [-0.2, 0) is 14.3 Å². The van der Waals surface area contributed by atoms with Crippen molar-refractivity contribution >= 4 is 67.7 Å². The number of benzene rings is 3. The Morgan fingerprint density at radius 3 is 2.42 bits per heavy atom. The molecule has 1 saturated heterocycles. The van der Waals surface area contributed by atoms with Crippen molar-refractivity contribution in [2.45, 2.75) is 26.4 Å². The molecule has 7 nitrogen and oxygen atoms in total. The number of amides is 2. The van der Waals surface area contributed by atoms with E-state index in [-0.39, 0.29) is 40.9 Å². The number of esters is 1. The number of hydrogen-bond acceptors (Lipinski definition) is 6. The minimum Gasteiger partial charge on any atom is -0.451 e. The van der Waals surface area contributed by atoms with Crippen LogP contribution in [0.4, 0.5) is 5.69 Å². The molecule has 0 spiro atoms. The van der Waals surface area contributed by atoms with E-state index in [0.717, 1.165) is 4.47 Å². The van der Waals surface area contributed by atoms with Crippen LogP contribution in [0.5, 0.6) is 0 Å². The third-order valence-corrected chi connectivity index (χ3v) is 8.81. The van der Waals surface area contributed by atoms with Gasteiger partial charge in [-0.2, -0.15) is 0 Å². The molecule has 2 heterocycles. The third-order valence-electron chi connectivity index (χ3n) is 8.07. The fourth-order valence-electron chi connectivity index (χ4n) is 5.82. The molecule has 0 N–H and O–H groups in total. The lowest BCUT2D eigenvalue weighted by molar-refractivity contribution is -0.122. The number of carbonyl (C=O) groups is 4. The van der Waals surface area contributed by atoms with Gasteiger partial charge in [-0.1, -0.05) is 58.7 Å². The number of imide groups is 1. The molecule has 4 aromatic rings. The molecule has 216 valence electrons. The Hall–Kier alpha value is -4.14. The number of anilines is 1. The van der Waals surface area contributed by atoms with Crippen LogP contribution in [0.3, 0.4) is 0 Å². The first-order chi connectivity index (χ1) is 20.6. The number of carbonyl (C=O) groups excluding carboxylic acids is 4. The van der Waals surface area contributed by atoms with E-state index in [1.54, 1.807) is 66.7 Å². The number of fused-ring (bicyclic) bond motifs is 2. The van der Waals surface area contributed by atoms with Gasteiger partial charge >= 0.3 is 5.97 Å². The maximum atomic E-state index is 13.5. The van der Waals surface area contributed by atoms with Crippen LogP contribution in [-0.4, -0.2) is 34.7 Å². The standard InChI is InChI=1S/C34H26BrClN2O5/c1-18-4-3-5-25-30(18)33(41)38(32(25)40)24-13-8-20(9-14-24)29-17-27(26-16-22(35)10-15-28(26)37-29)34(42)43-19(2)31(39)21-6-11-23(36)12-7-21/h3-4,6-19,25,30H,5H2,1-2H3. The number of Topliss-reactive ketones (excluding diaryl/α,β-unsaturated/α-hetero) is 1. The number of pyridine rings is 1. The Morgan fingerprint density at radius 2 is 1.72 bits per heavy atom. The second-order valence-corrected chi connectivity index (χ2v) is 12.2. The number of ketones is 1. The van der Waals surface area contributed by atoms with E-state index in [0.29, 0.717) is 44.9 Å². The molecule has 2 aliphatic rings. The zero-order valence-electron chi connectivity index (χ0n) is 23.3. The van der Waals surface area contributed by atoms with E-state index in [9.17, 15) is 19.2 Å². The first-order valence-corrected chi connectivity index (χ1v) is 15.1. The van der Waals surface area contributed by atoms with Crippen LogP contribution in [0.25, 0.3) is 22.2 Å². The second kappa shape index (κ2) is 11.5. The van der Waals surface area contributed by atoms with Gasteiger partial charge in [-0.05, 0) is 79.9 Å². The van der Waals surface area contributed by atoms with Gasteiger partial charge in [0.2, 0.25) is 17.6 Å². The monoisotopic (exact) mass is 656 g/mol. The lowest BCUT2D eigenvalue weighted by atomic mass is 9.78. The van der Waals surface area contributed by atoms with Crippen molar-refractivity contribution in [2.75, 3.05) is 4.90 Å². The van der Waals surface area contributed by atoms with Crippen molar-refractivity contribution in [3.05, 3.63) is 106 Å². The Labute approximate surface area is 261 Å². The molecule has 4 atom stereocenters. The predicted molar refractivity (Wildman–Crippen MR) is 168 cm³/mol. The molecule has 1 fully saturated rings. The van der Waals surface area contributed by atoms with E-state index in [2.05, 4.69) is 15.9 Å². The third kappa shape index (κ3) is 5.41. The highest BCUT2D eigenvalue weighted by molar-refractivity contribution is 9.10. The van der Waals surface area contributed by atoms with Crippen molar-refractivity contribution in [3.8, 4) is 11.3 Å². The second-order valence-electron chi connectivity index (χ2n) is 10.8. The van der Waals surface area contributed by atoms with Crippen LogP contribution in [0.1, 0.15) is 41.0 Å². The van der Waals surface area contributed by atoms with Crippen molar-refractivity contribution in [1.82, 2.24) is 4.98 Å². The molecular formula is C34H26BrClN2O5. The van der Waals surface area contributed by atoms with Crippen molar-refractivity contribution in [1.29, 1.82) is 0 Å². The highest BCUT2D eigenvalue weighted by atomic mass is 79.9. The first-order valence-electron chi connectivity index (χ1n) is 13.9. The SMILES string of the molecule is CC(OC(=O)c1cc(-c2ccc(N3C(=O)C4CC=CC(C)C4C3=O)cc2)nc2ccc(Br)cc12)C(=O)c1ccc(Cl)cc1. The van der Waals surface area contributed by atoms with Crippen LogP contribution < -0.4 is 4.90 Å². The fourth-order valence-corrected chi connectivity index (χ4v) is 6.31. The molecule has 43 heavy (non-hydrogen) atoms. The largest absolute Gasteiger partial charge is 0.451 e. The van der Waals surface area contributed by atoms with Gasteiger partial charge in [-0.15, -0.1) is 0 Å². The molecule has 4 unspecified atom stereocenters. The molecule has 1 aromatic heterocycles. The van der Waals surface area contributed by atoms with Gasteiger partial charge in [0.25, 0.3) is 0 Å². The van der Waals surface area contributed by atoms with Gasteiger partial charge in [0.1, 0.15) is 0 Å². The van der Waals surface area contributed by atoms with Crippen LogP contribution in [0.2, 0.25) is 5.02 Å². The maximum Gasteiger partial charge on any atom is 0.339 e. The summed E-state index contributed by atoms with van der Waals surface area (Å²) in [5.41, 5.74) is 2.86. The summed E-state index contributed by atoms with van der Waals surface area (Å²) in [5.74, 6) is -2.06. The van der Waals surface area contributed by atoms with E-state index in [1.807, 2.05) is 25.1 Å². The topological polar surface area (TPSA) is 93.6 Å². The molecule has 0 bridgehead atoms. The van der Waals surface area contributed by atoms with Crippen LogP contribution in [0, 0.1) is 17.8 Å². The predicted octanol–water partition coefficient (Wildman–Crippen LogP) is 7.45. The molecule has 6 rings (SSSR count). The molecule has 0 saturated carbocycles. The van der Waals surface area contributed by atoms with Crippen molar-refractivity contribution in [2.24, 2.45) is 17.8 Å². The van der Waals surface area contributed by atoms with E-state index in [1.165, 1.54) is 11.8 Å². The quantitative estimate of drug-likeness (QED) is 0.0926. The number of ether oxygens (including phenoxy) is 1. The van der Waals surface area contributed by atoms with Gasteiger partial charge in [0.05, 0.1) is 34.3 Å². The molecule has 2 amide bonds. The average Bonchev–Trinajstić information content (AvgIpc) is 3.26. The summed E-state index contributed by atoms with van der Waals surface area (Å²) >= 11 is 9.40. The Morgan fingerprint density at radius 1 is 1.00 bits per heavy atom. The van der Waals surface area contributed by atoms with Crippen LogP contribution in [0.15, 0.2) is 89.4 Å². The first kappa shape index (κ1) is 29.0. The Bertz CT molecular complexity index is 1820. The summed E-state index contributed by atoms with van der Waals surface area (Å²) in [5, 5.41) is 1.06. The minimum absolute atomic E-state index is 0.00342. The lowest BCUT2D eigenvalue weighted by Gasteiger charge is -2.22. The Balaban J connectivity index is 1.30. The zero-order chi connectivity index (χ0) is 30.4. The number of allylic oxidation sites excluding steroid dienone is 2. The Kier molecular flexibility index (Phi) is 7.75. The normalized spacial score (nSPS) is 20.3. The van der Waals surface area contributed by atoms with Crippen molar-refractivity contribution in [3.63, 3.8) is 0 Å². The van der Waals surface area contributed by atoms with Gasteiger partial charge in [-0.25, -0.2) is 9.78 Å². The molecular weight excluding hydrogens is 632 g/mol. The minimum atomic E-state index is -1.04. The molecule has 0 radical (unpaired) electrons. The van der Waals surface area contributed by atoms with Gasteiger partial charge < -0.3 is 4.74 Å². The maximum absolute atomic E-state index is 13.5. The summed E-state index contributed by atoms with van der Waals surface area (Å²) in [6.45, 7) is 3.49. The molecule has 9 heteroatoms. The van der Waals surface area contributed by atoms with Crippen LogP contribution >= 0.6 is 27.5 Å². The smallest absolute Gasteiger partial charge is 0.339 e. The number of nitrogens with zero attached hydrogens (tertiary/aromatic N) is 2. The summed E-state index contributed by atoms with van der Waals surface area (Å²) in [7, 11) is 0. The number of hydrogen-bond donors (Lipinski definition) is 0. The molecule has 1 aliphatic heterocycles. The van der Waals surface area contributed by atoms with E-state index >= 15 is 0 Å². The number of aromatic nitrogens is 1. The molecule has 3 aromatic carbocycles. The number of rotatable bonds is 6. The zero-order valence-corrected chi connectivity index (χ0v) is 25.6. The average molecular weight is 658 g/mol. The highest BCUT2D eigenvalue weighted by Gasteiger charge is 2.50. The van der Waals surface area contributed by atoms with Gasteiger partial charge in [-0.3, -0.25) is 19.3 Å². The van der Waals surface area contributed by atoms with Gasteiger partial charge in [0.15, 0.2) is 6.10 Å². The summed E-state index contributed by atoms with van der Waals surface area (Å²) in [6.07, 6.45) is 3.50. The van der Waals surface area contributed by atoms with Gasteiger partial charge in [0, 0.05) is 26.0 Å². The van der Waals surface area contributed by atoms with E-state index < -0.39 is 12.1 Å². The highest BCUT2D eigenvalue weighted by Crippen LogP contribution is 2.41. The summed E-state index contributed by atoms with van der Waals surface area (Å²) in [4.78, 5) is 58.8. The summed E-state index contributed by atoms with van der Waals surface area (Å²) in [6, 6.07) is 20.4. The summed E-state index contributed by atoms with van der Waals surface area (Å²) < 4.78 is 6.39. The molecule has 1 aliphatic carbocycles. The fraction of sp³-hybridized carbons (Fsp3) is 0.206. The lowest BCUT2D eigenvalue weighted by Crippen LogP contribution is -2.31.